The van der Waals surface area contributed by atoms with E-state index in [9.17, 15) is 4.79 Å². The number of rotatable bonds is 7. The van der Waals surface area contributed by atoms with Crippen molar-refractivity contribution in [2.45, 2.75) is 63.8 Å². The molecule has 0 unspecified atom stereocenters. The van der Waals surface area contributed by atoms with E-state index in [1.165, 1.54) is 10.4 Å². The van der Waals surface area contributed by atoms with E-state index in [1.807, 2.05) is 11.5 Å². The SMILES string of the molecule is CCOCCSc1nc2sc3c(c2c(=O)n1C[C@@H]1CCCO1)CC[C@H](C)C3. The molecule has 5 nitrogen and oxygen atoms in total. The number of aromatic nitrogens is 2. The first-order valence-electron chi connectivity index (χ1n) is 10.0. The number of nitrogens with zero attached hydrogens (tertiary/aromatic N) is 2. The highest BCUT2D eigenvalue weighted by Crippen LogP contribution is 2.36. The Morgan fingerprint density at radius 1 is 1.41 bits per heavy atom. The number of fused-ring (bicyclic) bond motifs is 3. The molecule has 2 aliphatic rings. The van der Waals surface area contributed by atoms with E-state index in [2.05, 4.69) is 6.92 Å². The second-order valence-corrected chi connectivity index (χ2v) is 9.67. The van der Waals surface area contributed by atoms with Gasteiger partial charge in [0.25, 0.3) is 5.56 Å². The van der Waals surface area contributed by atoms with Crippen LogP contribution in [0.15, 0.2) is 9.95 Å². The molecule has 1 fully saturated rings. The van der Waals surface area contributed by atoms with Crippen LogP contribution in [0.2, 0.25) is 0 Å². The van der Waals surface area contributed by atoms with Gasteiger partial charge in [-0.1, -0.05) is 18.7 Å². The Balaban J connectivity index is 1.72. The van der Waals surface area contributed by atoms with Gasteiger partial charge in [0.05, 0.1) is 24.6 Å². The zero-order valence-corrected chi connectivity index (χ0v) is 17.8. The van der Waals surface area contributed by atoms with Crippen molar-refractivity contribution >= 4 is 33.3 Å². The highest BCUT2D eigenvalue weighted by atomic mass is 32.2. The number of aryl methyl sites for hydroxylation is 1. The summed E-state index contributed by atoms with van der Waals surface area (Å²) in [5.74, 6) is 1.50. The van der Waals surface area contributed by atoms with Crippen LogP contribution < -0.4 is 5.56 Å². The summed E-state index contributed by atoms with van der Waals surface area (Å²) in [6.45, 7) is 7.09. The lowest BCUT2D eigenvalue weighted by atomic mass is 9.89. The normalized spacial score (nSPS) is 22.4. The molecule has 148 valence electrons. The molecule has 0 radical (unpaired) electrons. The molecule has 0 spiro atoms. The maximum absolute atomic E-state index is 13.5. The number of hydrogen-bond acceptors (Lipinski definition) is 6. The van der Waals surface area contributed by atoms with Gasteiger partial charge in [-0.25, -0.2) is 4.98 Å². The highest BCUT2D eigenvalue weighted by molar-refractivity contribution is 7.99. The molecule has 1 saturated heterocycles. The molecular formula is C20H28N2O3S2. The van der Waals surface area contributed by atoms with Gasteiger partial charge in [0, 0.05) is 23.8 Å². The zero-order valence-electron chi connectivity index (χ0n) is 16.2. The maximum Gasteiger partial charge on any atom is 0.263 e. The van der Waals surface area contributed by atoms with Crippen molar-refractivity contribution in [1.29, 1.82) is 0 Å². The Hall–Kier alpha value is -0.890. The fraction of sp³-hybridized carbons (Fsp3) is 0.700. The maximum atomic E-state index is 13.5. The van der Waals surface area contributed by atoms with E-state index >= 15 is 0 Å². The lowest BCUT2D eigenvalue weighted by molar-refractivity contribution is 0.0937. The summed E-state index contributed by atoms with van der Waals surface area (Å²) < 4.78 is 13.2. The fourth-order valence-corrected chi connectivity index (χ4v) is 6.29. The van der Waals surface area contributed by atoms with Gasteiger partial charge < -0.3 is 9.47 Å². The largest absolute Gasteiger partial charge is 0.381 e. The van der Waals surface area contributed by atoms with E-state index in [0.29, 0.717) is 25.7 Å². The zero-order chi connectivity index (χ0) is 18.8. The van der Waals surface area contributed by atoms with Gasteiger partial charge in [-0.15, -0.1) is 11.3 Å². The summed E-state index contributed by atoms with van der Waals surface area (Å²) in [4.78, 5) is 20.7. The monoisotopic (exact) mass is 408 g/mol. The third kappa shape index (κ3) is 4.11. The Kier molecular flexibility index (Phi) is 6.21. The molecule has 0 N–H and O–H groups in total. The third-order valence-corrected chi connectivity index (χ3v) is 7.54. The quantitative estimate of drug-likeness (QED) is 0.395. The van der Waals surface area contributed by atoms with Crippen LogP contribution >= 0.6 is 23.1 Å². The highest BCUT2D eigenvalue weighted by Gasteiger charge is 2.26. The molecule has 4 rings (SSSR count). The van der Waals surface area contributed by atoms with Gasteiger partial charge in [0.15, 0.2) is 5.16 Å². The summed E-state index contributed by atoms with van der Waals surface area (Å²) in [6.07, 6.45) is 5.47. The van der Waals surface area contributed by atoms with Crippen LogP contribution in [0.4, 0.5) is 0 Å². The first-order chi connectivity index (χ1) is 13.2. The molecule has 3 heterocycles. The van der Waals surface area contributed by atoms with Gasteiger partial charge in [-0.2, -0.15) is 0 Å². The Morgan fingerprint density at radius 3 is 3.07 bits per heavy atom. The van der Waals surface area contributed by atoms with E-state index in [1.54, 1.807) is 23.1 Å². The van der Waals surface area contributed by atoms with Crippen LogP contribution in [-0.4, -0.2) is 41.2 Å². The van der Waals surface area contributed by atoms with Crippen LogP contribution in [-0.2, 0) is 28.9 Å². The molecular weight excluding hydrogens is 380 g/mol. The summed E-state index contributed by atoms with van der Waals surface area (Å²) in [7, 11) is 0. The molecule has 2 aromatic rings. The molecule has 0 amide bonds. The van der Waals surface area contributed by atoms with E-state index in [4.69, 9.17) is 14.5 Å². The Labute approximate surface area is 168 Å². The van der Waals surface area contributed by atoms with Crippen LogP contribution in [0.1, 0.15) is 43.6 Å². The van der Waals surface area contributed by atoms with Gasteiger partial charge in [0.1, 0.15) is 4.83 Å². The molecule has 7 heteroatoms. The molecule has 27 heavy (non-hydrogen) atoms. The minimum Gasteiger partial charge on any atom is -0.381 e. The van der Waals surface area contributed by atoms with Gasteiger partial charge in [0.2, 0.25) is 0 Å². The second-order valence-electron chi connectivity index (χ2n) is 7.52. The second kappa shape index (κ2) is 8.64. The van der Waals surface area contributed by atoms with Crippen LogP contribution in [0.25, 0.3) is 10.2 Å². The minimum atomic E-state index is 0.126. The van der Waals surface area contributed by atoms with Crippen molar-refractivity contribution in [2.24, 2.45) is 5.92 Å². The number of thioether (sulfide) groups is 1. The molecule has 1 aliphatic carbocycles. The van der Waals surface area contributed by atoms with E-state index in [0.717, 1.165) is 59.8 Å². The van der Waals surface area contributed by atoms with Crippen LogP contribution in [0, 0.1) is 5.92 Å². The van der Waals surface area contributed by atoms with Crippen molar-refractivity contribution in [3.8, 4) is 0 Å². The fourth-order valence-electron chi connectivity index (χ4n) is 4.00. The average molecular weight is 409 g/mol. The number of ether oxygens (including phenoxy) is 2. The molecule has 1 aliphatic heterocycles. The predicted octanol–water partition coefficient (Wildman–Crippen LogP) is 3.89. The first-order valence-corrected chi connectivity index (χ1v) is 11.8. The first kappa shape index (κ1) is 19.4. The smallest absolute Gasteiger partial charge is 0.263 e. The standard InChI is InChI=1S/C20H28N2O3S2/c1-3-24-9-10-26-20-21-18-17(15-7-6-13(2)11-16(15)27-18)19(23)22(20)12-14-5-4-8-25-14/h13-14H,3-12H2,1-2H3/t13-,14-/m0/s1. The number of thiophene rings is 1. The van der Waals surface area contributed by atoms with Gasteiger partial charge >= 0.3 is 0 Å². The van der Waals surface area contributed by atoms with Crippen molar-refractivity contribution in [2.75, 3.05) is 25.6 Å². The van der Waals surface area contributed by atoms with Gasteiger partial charge in [-0.05, 0) is 50.5 Å². The molecule has 0 aromatic carbocycles. The topological polar surface area (TPSA) is 53.3 Å². The molecule has 0 saturated carbocycles. The van der Waals surface area contributed by atoms with Crippen molar-refractivity contribution in [1.82, 2.24) is 9.55 Å². The third-order valence-electron chi connectivity index (χ3n) is 5.45. The van der Waals surface area contributed by atoms with Gasteiger partial charge in [-0.3, -0.25) is 9.36 Å². The minimum absolute atomic E-state index is 0.126. The summed E-state index contributed by atoms with van der Waals surface area (Å²) in [5.41, 5.74) is 1.39. The summed E-state index contributed by atoms with van der Waals surface area (Å²) >= 11 is 3.35. The van der Waals surface area contributed by atoms with Crippen molar-refractivity contribution in [3.05, 3.63) is 20.8 Å². The summed E-state index contributed by atoms with van der Waals surface area (Å²) in [6, 6.07) is 0. The molecule has 2 atom stereocenters. The molecule has 0 bridgehead atoms. The van der Waals surface area contributed by atoms with Crippen LogP contribution in [0.5, 0.6) is 0 Å². The predicted molar refractivity (Wildman–Crippen MR) is 111 cm³/mol. The van der Waals surface area contributed by atoms with Crippen molar-refractivity contribution in [3.63, 3.8) is 0 Å². The lowest BCUT2D eigenvalue weighted by Gasteiger charge is -2.18. The lowest BCUT2D eigenvalue weighted by Crippen LogP contribution is -2.29. The Morgan fingerprint density at radius 2 is 2.30 bits per heavy atom. The van der Waals surface area contributed by atoms with Crippen LogP contribution in [0.3, 0.4) is 0 Å². The van der Waals surface area contributed by atoms with E-state index in [-0.39, 0.29) is 11.7 Å². The molecule has 2 aromatic heterocycles. The Bertz CT molecular complexity index is 855. The van der Waals surface area contributed by atoms with Crippen molar-refractivity contribution < 1.29 is 9.47 Å². The van der Waals surface area contributed by atoms with E-state index < -0.39 is 0 Å². The average Bonchev–Trinajstić information content (AvgIpc) is 3.28. The summed E-state index contributed by atoms with van der Waals surface area (Å²) in [5, 5.41) is 1.68. The number of hydrogen-bond donors (Lipinski definition) is 0.